The molecule has 0 radical (unpaired) electrons. The highest BCUT2D eigenvalue weighted by Gasteiger charge is 2.51. The maximum Gasteiger partial charge on any atom is 0.157 e. The Hall–Kier alpha value is -0.460. The van der Waals surface area contributed by atoms with E-state index >= 15 is 0 Å². The SMILES string of the molecule is COCOC(C)(C)[C@H](/C=C/[C@@H](C)[C@H]1CC[C@H]2[C@@H](O)CCC[C@]12C)CCC1OCCO1. The number of allylic oxidation sites excluding steroid dienone is 1. The van der Waals surface area contributed by atoms with E-state index in [1.807, 2.05) is 0 Å². The molecule has 1 aliphatic heterocycles. The molecule has 0 spiro atoms. The van der Waals surface area contributed by atoms with Gasteiger partial charge in [0.05, 0.1) is 24.9 Å². The topological polar surface area (TPSA) is 57.2 Å². The van der Waals surface area contributed by atoms with Crippen LogP contribution in [0.2, 0.25) is 0 Å². The average molecular weight is 425 g/mol. The van der Waals surface area contributed by atoms with Gasteiger partial charge in [-0.05, 0) is 75.5 Å². The first-order valence-electron chi connectivity index (χ1n) is 12.0. The van der Waals surface area contributed by atoms with Gasteiger partial charge >= 0.3 is 0 Å². The summed E-state index contributed by atoms with van der Waals surface area (Å²) in [4.78, 5) is 0. The van der Waals surface area contributed by atoms with Crippen molar-refractivity contribution in [2.45, 2.75) is 90.6 Å². The molecule has 0 unspecified atom stereocenters. The van der Waals surface area contributed by atoms with Crippen LogP contribution < -0.4 is 0 Å². The third-order valence-electron chi connectivity index (χ3n) is 8.29. The smallest absolute Gasteiger partial charge is 0.157 e. The van der Waals surface area contributed by atoms with Crippen molar-refractivity contribution >= 4 is 0 Å². The number of hydrogen-bond donors (Lipinski definition) is 1. The average Bonchev–Trinajstić information content (AvgIpc) is 3.34. The molecule has 5 nitrogen and oxygen atoms in total. The van der Waals surface area contributed by atoms with Crippen LogP contribution in [0.25, 0.3) is 0 Å². The lowest BCUT2D eigenvalue weighted by Gasteiger charge is -2.45. The molecule has 2 aliphatic carbocycles. The fourth-order valence-corrected chi connectivity index (χ4v) is 6.38. The summed E-state index contributed by atoms with van der Waals surface area (Å²) in [7, 11) is 1.67. The normalized spacial score (nSPS) is 35.1. The van der Waals surface area contributed by atoms with Gasteiger partial charge < -0.3 is 24.1 Å². The van der Waals surface area contributed by atoms with E-state index in [0.717, 1.165) is 25.7 Å². The lowest BCUT2D eigenvalue weighted by Crippen LogP contribution is -2.41. The van der Waals surface area contributed by atoms with Gasteiger partial charge in [0, 0.05) is 13.0 Å². The van der Waals surface area contributed by atoms with Crippen molar-refractivity contribution in [2.75, 3.05) is 27.1 Å². The van der Waals surface area contributed by atoms with Crippen LogP contribution in [-0.4, -0.2) is 50.2 Å². The summed E-state index contributed by atoms with van der Waals surface area (Å²) in [5.74, 6) is 1.86. The molecule has 0 aromatic carbocycles. The number of ether oxygens (including phenoxy) is 4. The third kappa shape index (κ3) is 5.47. The first kappa shape index (κ1) is 24.2. The van der Waals surface area contributed by atoms with Crippen molar-refractivity contribution in [2.24, 2.45) is 29.1 Å². The molecular weight excluding hydrogens is 380 g/mol. The van der Waals surface area contributed by atoms with E-state index in [4.69, 9.17) is 18.9 Å². The number of aliphatic hydroxyl groups is 1. The maximum atomic E-state index is 10.6. The van der Waals surface area contributed by atoms with Crippen molar-refractivity contribution < 1.29 is 24.1 Å². The standard InChI is InChI=1S/C25H44O5/c1-18(20-11-12-21-22(26)7-6-14-25(20,21)4)8-9-19(24(2,3)30-17-27-5)10-13-23-28-15-16-29-23/h8-9,18-23,26H,6-7,10-17H2,1-5H3/b9-8+/t18-,19-,20-,21+,22+,25-/m1/s1. The molecule has 6 atom stereocenters. The third-order valence-corrected chi connectivity index (χ3v) is 8.29. The highest BCUT2D eigenvalue weighted by atomic mass is 16.7. The van der Waals surface area contributed by atoms with E-state index in [9.17, 15) is 5.11 Å². The van der Waals surface area contributed by atoms with Crippen LogP contribution in [-0.2, 0) is 18.9 Å². The molecular formula is C25H44O5. The molecule has 5 heteroatoms. The van der Waals surface area contributed by atoms with Gasteiger partial charge in [0.25, 0.3) is 0 Å². The second-order valence-electron chi connectivity index (χ2n) is 10.5. The molecule has 174 valence electrons. The van der Waals surface area contributed by atoms with E-state index < -0.39 is 0 Å². The van der Waals surface area contributed by atoms with Crippen LogP contribution in [0.1, 0.15) is 72.6 Å². The van der Waals surface area contributed by atoms with Gasteiger partial charge in [0.1, 0.15) is 6.79 Å². The van der Waals surface area contributed by atoms with Crippen molar-refractivity contribution in [1.29, 1.82) is 0 Å². The summed E-state index contributed by atoms with van der Waals surface area (Å²) in [6.07, 6.45) is 12.2. The number of hydrogen-bond acceptors (Lipinski definition) is 5. The second-order valence-corrected chi connectivity index (χ2v) is 10.5. The van der Waals surface area contributed by atoms with Crippen LogP contribution in [0.5, 0.6) is 0 Å². The predicted octanol–water partition coefficient (Wildman–Crippen LogP) is 4.92. The summed E-state index contributed by atoms with van der Waals surface area (Å²) in [5, 5.41) is 10.6. The van der Waals surface area contributed by atoms with Crippen LogP contribution in [0.4, 0.5) is 0 Å². The summed E-state index contributed by atoms with van der Waals surface area (Å²) in [6.45, 7) is 10.8. The summed E-state index contributed by atoms with van der Waals surface area (Å²) in [5.41, 5.74) is -0.0570. The van der Waals surface area contributed by atoms with Crippen LogP contribution in [0.3, 0.4) is 0 Å². The maximum absolute atomic E-state index is 10.6. The largest absolute Gasteiger partial charge is 0.393 e. The predicted molar refractivity (Wildman–Crippen MR) is 118 cm³/mol. The number of rotatable bonds is 10. The minimum atomic E-state index is -0.325. The van der Waals surface area contributed by atoms with E-state index in [2.05, 4.69) is 39.8 Å². The summed E-state index contributed by atoms with van der Waals surface area (Å²) in [6, 6.07) is 0. The zero-order valence-electron chi connectivity index (χ0n) is 19.8. The van der Waals surface area contributed by atoms with Gasteiger partial charge in [0.2, 0.25) is 0 Å². The molecule has 0 aromatic rings. The minimum Gasteiger partial charge on any atom is -0.393 e. The molecule has 0 bridgehead atoms. The van der Waals surface area contributed by atoms with Crippen molar-refractivity contribution in [3.63, 3.8) is 0 Å². The van der Waals surface area contributed by atoms with E-state index in [1.54, 1.807) is 7.11 Å². The molecule has 1 heterocycles. The first-order chi connectivity index (χ1) is 14.3. The highest BCUT2D eigenvalue weighted by Crippen LogP contribution is 2.57. The molecule has 1 N–H and O–H groups in total. The quantitative estimate of drug-likeness (QED) is 0.398. The van der Waals surface area contributed by atoms with E-state index in [1.165, 1.54) is 19.3 Å². The molecule has 3 rings (SSSR count). The molecule has 0 amide bonds. The minimum absolute atomic E-state index is 0.0882. The zero-order valence-corrected chi connectivity index (χ0v) is 19.8. The van der Waals surface area contributed by atoms with Crippen molar-refractivity contribution in [3.8, 4) is 0 Å². The highest BCUT2D eigenvalue weighted by molar-refractivity contribution is 5.07. The Morgan fingerprint density at radius 1 is 1.17 bits per heavy atom. The van der Waals surface area contributed by atoms with E-state index in [0.29, 0.717) is 37.8 Å². The monoisotopic (exact) mass is 424 g/mol. The Kier molecular flexibility index (Phi) is 8.42. The van der Waals surface area contributed by atoms with Gasteiger partial charge in [-0.15, -0.1) is 0 Å². The van der Waals surface area contributed by atoms with Gasteiger partial charge in [-0.3, -0.25) is 0 Å². The van der Waals surface area contributed by atoms with Crippen molar-refractivity contribution in [3.05, 3.63) is 12.2 Å². The Balaban J connectivity index is 1.67. The van der Waals surface area contributed by atoms with Gasteiger partial charge in [-0.25, -0.2) is 0 Å². The molecule has 1 saturated heterocycles. The number of fused-ring (bicyclic) bond motifs is 1. The van der Waals surface area contributed by atoms with Gasteiger partial charge in [0.15, 0.2) is 6.29 Å². The summed E-state index contributed by atoms with van der Waals surface area (Å²) >= 11 is 0. The van der Waals surface area contributed by atoms with Crippen LogP contribution in [0, 0.1) is 29.1 Å². The molecule has 0 aromatic heterocycles. The van der Waals surface area contributed by atoms with Crippen molar-refractivity contribution in [1.82, 2.24) is 0 Å². The lowest BCUT2D eigenvalue weighted by atomic mass is 9.62. The molecule has 30 heavy (non-hydrogen) atoms. The molecule has 2 saturated carbocycles. The summed E-state index contributed by atoms with van der Waals surface area (Å²) < 4.78 is 22.5. The Bertz CT molecular complexity index is 556. The van der Waals surface area contributed by atoms with Gasteiger partial charge in [-0.2, -0.15) is 0 Å². The lowest BCUT2D eigenvalue weighted by molar-refractivity contribution is -0.135. The fourth-order valence-electron chi connectivity index (χ4n) is 6.38. The Morgan fingerprint density at radius 2 is 1.90 bits per heavy atom. The number of aliphatic hydroxyl groups excluding tert-OH is 1. The van der Waals surface area contributed by atoms with Gasteiger partial charge in [-0.1, -0.05) is 32.4 Å². The van der Waals surface area contributed by atoms with E-state index in [-0.39, 0.29) is 29.3 Å². The number of methoxy groups -OCH3 is 1. The Labute approximate surface area is 183 Å². The molecule has 3 aliphatic rings. The first-order valence-corrected chi connectivity index (χ1v) is 12.0. The van der Waals surface area contributed by atoms with Crippen LogP contribution in [0.15, 0.2) is 12.2 Å². The fraction of sp³-hybridized carbons (Fsp3) is 0.920. The molecule has 3 fully saturated rings. The zero-order chi connectivity index (χ0) is 21.8. The van der Waals surface area contributed by atoms with Crippen LogP contribution >= 0.6 is 0 Å². The Morgan fingerprint density at radius 3 is 2.60 bits per heavy atom. The second kappa shape index (κ2) is 10.4.